The van der Waals surface area contributed by atoms with Gasteiger partial charge in [-0.1, -0.05) is 60.7 Å². The Bertz CT molecular complexity index is 2060. The third-order valence-electron chi connectivity index (χ3n) is 7.99. The van der Waals surface area contributed by atoms with E-state index in [0.29, 0.717) is 0 Å². The number of hydrogen-bond acceptors (Lipinski definition) is 6. The van der Waals surface area contributed by atoms with Crippen molar-refractivity contribution in [3.05, 3.63) is 178 Å². The number of nitrogens with zero attached hydrogens (tertiary/aromatic N) is 4. The molecule has 0 aliphatic rings. The normalized spacial score (nSPS) is 11.0. The highest BCUT2D eigenvalue weighted by molar-refractivity contribution is 5.91. The van der Waals surface area contributed by atoms with Crippen LogP contribution in [0.2, 0.25) is 0 Å². The lowest BCUT2D eigenvalue weighted by molar-refractivity contribution is -0.385. The summed E-state index contributed by atoms with van der Waals surface area (Å²) in [5, 5.41) is 27.1. The largest absolute Gasteiger partial charge is 0.310 e. The van der Waals surface area contributed by atoms with Crippen LogP contribution in [0.5, 0.6) is 0 Å². The van der Waals surface area contributed by atoms with Gasteiger partial charge in [-0.05, 0) is 94.3 Å². The zero-order chi connectivity index (χ0) is 31.6. The third-order valence-corrected chi connectivity index (χ3v) is 7.99. The van der Waals surface area contributed by atoms with Gasteiger partial charge in [0.15, 0.2) is 0 Å². The summed E-state index contributed by atoms with van der Waals surface area (Å²) in [6.45, 7) is 0. The predicted octanol–water partition coefficient (Wildman–Crippen LogP) is 10.7. The van der Waals surface area contributed by atoms with Crippen molar-refractivity contribution in [3.63, 3.8) is 0 Å². The van der Waals surface area contributed by atoms with Gasteiger partial charge < -0.3 is 9.80 Å². The van der Waals surface area contributed by atoms with Gasteiger partial charge in [0.1, 0.15) is 0 Å². The summed E-state index contributed by atoms with van der Waals surface area (Å²) in [7, 11) is 0. The lowest BCUT2D eigenvalue weighted by Crippen LogP contribution is -2.12. The topological polar surface area (TPSA) is 92.8 Å². The highest BCUT2D eigenvalue weighted by Crippen LogP contribution is 2.41. The van der Waals surface area contributed by atoms with Crippen molar-refractivity contribution >= 4 is 67.0 Å². The van der Waals surface area contributed by atoms with E-state index >= 15 is 0 Å². The third kappa shape index (κ3) is 5.46. The lowest BCUT2D eigenvalue weighted by atomic mass is 10.1. The molecule has 0 radical (unpaired) electrons. The molecule has 8 nitrogen and oxygen atoms in total. The zero-order valence-corrected chi connectivity index (χ0v) is 24.4. The number of nitro groups is 2. The van der Waals surface area contributed by atoms with Gasteiger partial charge in [0.25, 0.3) is 11.4 Å². The summed E-state index contributed by atoms with van der Waals surface area (Å²) in [5.74, 6) is 0. The van der Waals surface area contributed by atoms with Crippen LogP contribution in [0.15, 0.2) is 158 Å². The SMILES string of the molecule is O=[N+]([O-])c1ccc(N(c2ccc(N(c3ccc([N+](=O)[O-])cc3)c3ccc4ccccc4c3)cc2)c2ccc3ccccc3c2)cc1. The molecule has 0 bridgehead atoms. The maximum atomic E-state index is 11.4. The molecule has 46 heavy (non-hydrogen) atoms. The molecule has 7 aromatic rings. The van der Waals surface area contributed by atoms with E-state index in [-0.39, 0.29) is 11.4 Å². The standard InChI is InChI=1S/C38H26N4O4/c43-41(44)35-21-17-33(18-22-35)39(37-11-9-27-5-1-3-7-29(27)25-37)31-13-15-32(16-14-31)40(34-19-23-36(24-20-34)42(45)46)38-12-10-28-6-2-4-8-30(28)26-38/h1-26H. The second-order valence-corrected chi connectivity index (χ2v) is 10.8. The van der Waals surface area contributed by atoms with Gasteiger partial charge in [-0.25, -0.2) is 0 Å². The molecule has 0 fully saturated rings. The minimum Gasteiger partial charge on any atom is -0.310 e. The highest BCUT2D eigenvalue weighted by Gasteiger charge is 2.18. The van der Waals surface area contributed by atoms with Crippen molar-refractivity contribution in [2.45, 2.75) is 0 Å². The van der Waals surface area contributed by atoms with E-state index < -0.39 is 9.85 Å². The van der Waals surface area contributed by atoms with Crippen LogP contribution in [-0.2, 0) is 0 Å². The molecule has 0 N–H and O–H groups in total. The average molecular weight is 603 g/mol. The van der Waals surface area contributed by atoms with Gasteiger partial charge in [-0.15, -0.1) is 0 Å². The summed E-state index contributed by atoms with van der Waals surface area (Å²) in [6.07, 6.45) is 0. The molecule has 222 valence electrons. The molecule has 0 aliphatic carbocycles. The van der Waals surface area contributed by atoms with Crippen molar-refractivity contribution in [3.8, 4) is 0 Å². The van der Waals surface area contributed by atoms with E-state index in [2.05, 4.69) is 58.3 Å². The quantitative estimate of drug-likeness (QED) is 0.127. The molecule has 0 aromatic heterocycles. The molecular weight excluding hydrogens is 576 g/mol. The van der Waals surface area contributed by atoms with Crippen molar-refractivity contribution < 1.29 is 9.85 Å². The molecule has 0 heterocycles. The summed E-state index contributed by atoms with van der Waals surface area (Å²) in [6, 6.07) is 49.7. The minimum atomic E-state index is -0.404. The average Bonchev–Trinajstić information content (AvgIpc) is 3.09. The first-order valence-electron chi connectivity index (χ1n) is 14.6. The second kappa shape index (κ2) is 11.9. The number of benzene rings is 7. The van der Waals surface area contributed by atoms with Gasteiger partial charge in [-0.3, -0.25) is 20.2 Å². The van der Waals surface area contributed by atoms with Gasteiger partial charge in [0.2, 0.25) is 0 Å². The maximum absolute atomic E-state index is 11.4. The first kappa shape index (κ1) is 28.2. The summed E-state index contributed by atoms with van der Waals surface area (Å²) in [4.78, 5) is 26.1. The number of non-ortho nitro benzene ring substituents is 2. The molecule has 0 unspecified atom stereocenters. The molecular formula is C38H26N4O4. The fourth-order valence-electron chi connectivity index (χ4n) is 5.72. The Balaban J connectivity index is 1.33. The minimum absolute atomic E-state index is 0.0201. The van der Waals surface area contributed by atoms with Crippen LogP contribution in [0.25, 0.3) is 21.5 Å². The second-order valence-electron chi connectivity index (χ2n) is 10.8. The number of fused-ring (bicyclic) bond motifs is 2. The van der Waals surface area contributed by atoms with Crippen molar-refractivity contribution in [2.75, 3.05) is 9.80 Å². The van der Waals surface area contributed by atoms with Crippen LogP contribution in [0.4, 0.5) is 45.5 Å². The summed E-state index contributed by atoms with van der Waals surface area (Å²) in [5.41, 5.74) is 5.11. The van der Waals surface area contributed by atoms with E-state index in [1.807, 2.05) is 60.7 Å². The zero-order valence-electron chi connectivity index (χ0n) is 24.4. The number of hydrogen-bond donors (Lipinski definition) is 0. The van der Waals surface area contributed by atoms with Crippen LogP contribution in [-0.4, -0.2) is 9.85 Å². The fraction of sp³-hybridized carbons (Fsp3) is 0. The molecule has 0 atom stereocenters. The first-order chi connectivity index (χ1) is 22.4. The predicted molar refractivity (Wildman–Crippen MR) is 184 cm³/mol. The Morgan fingerprint density at radius 3 is 0.957 bits per heavy atom. The first-order valence-corrected chi connectivity index (χ1v) is 14.6. The molecule has 0 amide bonds. The summed E-state index contributed by atoms with van der Waals surface area (Å²) >= 11 is 0. The molecule has 7 aromatic carbocycles. The molecule has 0 spiro atoms. The number of nitro benzene ring substituents is 2. The van der Waals surface area contributed by atoms with Crippen LogP contribution in [0.3, 0.4) is 0 Å². The maximum Gasteiger partial charge on any atom is 0.269 e. The fourth-order valence-corrected chi connectivity index (χ4v) is 5.72. The smallest absolute Gasteiger partial charge is 0.269 e. The van der Waals surface area contributed by atoms with Crippen LogP contribution >= 0.6 is 0 Å². The molecule has 0 saturated carbocycles. The van der Waals surface area contributed by atoms with Crippen LogP contribution in [0, 0.1) is 20.2 Å². The van der Waals surface area contributed by atoms with E-state index in [1.54, 1.807) is 24.3 Å². The molecule has 7 rings (SSSR count). The van der Waals surface area contributed by atoms with Crippen LogP contribution in [0.1, 0.15) is 0 Å². The molecule has 8 heteroatoms. The highest BCUT2D eigenvalue weighted by atomic mass is 16.6. The molecule has 0 saturated heterocycles. The van der Waals surface area contributed by atoms with E-state index in [4.69, 9.17) is 0 Å². The Morgan fingerprint density at radius 1 is 0.348 bits per heavy atom. The Kier molecular flexibility index (Phi) is 7.28. The Labute approximate surface area is 264 Å². The Hall–Kier alpha value is -6.54. The van der Waals surface area contributed by atoms with Gasteiger partial charge in [-0.2, -0.15) is 0 Å². The van der Waals surface area contributed by atoms with Crippen LogP contribution < -0.4 is 9.80 Å². The van der Waals surface area contributed by atoms with E-state index in [9.17, 15) is 20.2 Å². The van der Waals surface area contributed by atoms with E-state index in [1.165, 1.54) is 24.3 Å². The van der Waals surface area contributed by atoms with Gasteiger partial charge in [0, 0.05) is 58.4 Å². The number of anilines is 6. The van der Waals surface area contributed by atoms with Gasteiger partial charge in [0.05, 0.1) is 9.85 Å². The number of rotatable bonds is 8. The van der Waals surface area contributed by atoms with Crippen molar-refractivity contribution in [2.24, 2.45) is 0 Å². The van der Waals surface area contributed by atoms with Crippen molar-refractivity contribution in [1.82, 2.24) is 0 Å². The summed E-state index contributed by atoms with van der Waals surface area (Å²) < 4.78 is 0. The van der Waals surface area contributed by atoms with Gasteiger partial charge >= 0.3 is 0 Å². The lowest BCUT2D eigenvalue weighted by Gasteiger charge is -2.28. The Morgan fingerprint density at radius 2 is 0.630 bits per heavy atom. The monoisotopic (exact) mass is 602 g/mol. The molecule has 0 aliphatic heterocycles. The van der Waals surface area contributed by atoms with E-state index in [0.717, 1.165) is 55.7 Å². The van der Waals surface area contributed by atoms with Crippen molar-refractivity contribution in [1.29, 1.82) is 0 Å².